The van der Waals surface area contributed by atoms with Gasteiger partial charge >= 0.3 is 0 Å². The van der Waals surface area contributed by atoms with Crippen molar-refractivity contribution < 1.29 is 4.79 Å². The van der Waals surface area contributed by atoms with Gasteiger partial charge in [0.2, 0.25) is 5.91 Å². The Bertz CT molecular complexity index is 658. The van der Waals surface area contributed by atoms with Crippen LogP contribution >= 0.6 is 0 Å². The van der Waals surface area contributed by atoms with Crippen molar-refractivity contribution in [1.82, 2.24) is 10.2 Å². The zero-order valence-corrected chi connectivity index (χ0v) is 17.6. The second-order valence-corrected chi connectivity index (χ2v) is 9.16. The molecule has 1 N–H and O–H groups in total. The molecule has 2 aliphatic carbocycles. The van der Waals surface area contributed by atoms with Gasteiger partial charge in [0.05, 0.1) is 0 Å². The molecule has 1 aliphatic heterocycles. The van der Waals surface area contributed by atoms with E-state index in [0.29, 0.717) is 6.04 Å². The third kappa shape index (κ3) is 4.89. The molecule has 0 aromatic heterocycles. The summed E-state index contributed by atoms with van der Waals surface area (Å²) < 4.78 is 0. The molecule has 28 heavy (non-hydrogen) atoms. The molecule has 4 heteroatoms. The van der Waals surface area contributed by atoms with Crippen molar-refractivity contribution in [2.24, 2.45) is 5.92 Å². The molecule has 1 amide bonds. The average molecular weight is 384 g/mol. The number of piperazine rings is 1. The smallest absolute Gasteiger partial charge is 0.217 e. The third-order valence-electron chi connectivity index (χ3n) is 7.19. The van der Waals surface area contributed by atoms with Gasteiger partial charge in [-0.1, -0.05) is 12.1 Å². The molecular formula is C24H37N3O. The standard InChI is InChI=1S/C24H37N3O/c1-19(28)25-22-11-9-20(10-12-22)13-14-26-15-17-27(18-16-26)24-8-4-6-21-5-2-3-7-23(21)24/h4,6,8,20,22H,2-3,5,7,9-18H2,1H3,(H,25,28). The van der Waals surface area contributed by atoms with Crippen LogP contribution < -0.4 is 10.2 Å². The van der Waals surface area contributed by atoms with E-state index < -0.39 is 0 Å². The quantitative estimate of drug-likeness (QED) is 0.841. The molecule has 1 saturated heterocycles. The monoisotopic (exact) mass is 383 g/mol. The molecule has 2 fully saturated rings. The van der Waals surface area contributed by atoms with Crippen LogP contribution in [0.25, 0.3) is 0 Å². The Hall–Kier alpha value is -1.55. The Morgan fingerprint density at radius 1 is 1.04 bits per heavy atom. The van der Waals surface area contributed by atoms with Crippen LogP contribution in [0, 0.1) is 5.92 Å². The first-order valence-corrected chi connectivity index (χ1v) is 11.5. The summed E-state index contributed by atoms with van der Waals surface area (Å²) in [6.07, 6.45) is 11.5. The summed E-state index contributed by atoms with van der Waals surface area (Å²) in [6.45, 7) is 7.63. The zero-order chi connectivity index (χ0) is 19.3. The molecule has 4 rings (SSSR count). The van der Waals surface area contributed by atoms with Crippen molar-refractivity contribution in [1.29, 1.82) is 0 Å². The molecule has 0 spiro atoms. The SMILES string of the molecule is CC(=O)NC1CCC(CCN2CCN(c3cccc4c3CCCC4)CC2)CC1. The summed E-state index contributed by atoms with van der Waals surface area (Å²) in [5.74, 6) is 0.977. The maximum atomic E-state index is 11.2. The minimum absolute atomic E-state index is 0.126. The minimum Gasteiger partial charge on any atom is -0.369 e. The van der Waals surface area contributed by atoms with Gasteiger partial charge < -0.3 is 10.2 Å². The second kappa shape index (κ2) is 9.30. The highest BCUT2D eigenvalue weighted by Crippen LogP contribution is 2.31. The number of hydrogen-bond donors (Lipinski definition) is 1. The van der Waals surface area contributed by atoms with Gasteiger partial charge in [-0.15, -0.1) is 0 Å². The van der Waals surface area contributed by atoms with Crippen molar-refractivity contribution in [3.8, 4) is 0 Å². The van der Waals surface area contributed by atoms with E-state index in [0.717, 1.165) is 18.8 Å². The summed E-state index contributed by atoms with van der Waals surface area (Å²) in [4.78, 5) is 16.5. The van der Waals surface area contributed by atoms with Crippen LogP contribution in [0.15, 0.2) is 18.2 Å². The molecule has 4 nitrogen and oxygen atoms in total. The lowest BCUT2D eigenvalue weighted by atomic mass is 9.84. The minimum atomic E-state index is 0.126. The van der Waals surface area contributed by atoms with Crippen LogP contribution in [0.3, 0.4) is 0 Å². The number of nitrogens with zero attached hydrogens (tertiary/aromatic N) is 2. The third-order valence-corrected chi connectivity index (χ3v) is 7.19. The molecule has 1 aromatic rings. The lowest BCUT2D eigenvalue weighted by Crippen LogP contribution is -2.47. The number of carbonyl (C=O) groups is 1. The fraction of sp³-hybridized carbons (Fsp3) is 0.708. The number of fused-ring (bicyclic) bond motifs is 1. The van der Waals surface area contributed by atoms with E-state index in [1.54, 1.807) is 18.1 Å². The molecule has 1 heterocycles. The molecule has 0 radical (unpaired) electrons. The summed E-state index contributed by atoms with van der Waals surface area (Å²) in [5, 5.41) is 3.09. The normalized spacial score (nSPS) is 26.0. The molecule has 3 aliphatic rings. The number of nitrogens with one attached hydrogen (secondary N) is 1. The van der Waals surface area contributed by atoms with Gasteiger partial charge in [0.1, 0.15) is 0 Å². The predicted molar refractivity (Wildman–Crippen MR) is 116 cm³/mol. The number of hydrogen-bond acceptors (Lipinski definition) is 3. The van der Waals surface area contributed by atoms with E-state index in [9.17, 15) is 4.79 Å². The van der Waals surface area contributed by atoms with Crippen molar-refractivity contribution >= 4 is 11.6 Å². The number of aryl methyl sites for hydroxylation is 1. The van der Waals surface area contributed by atoms with Crippen LogP contribution in [0.5, 0.6) is 0 Å². The van der Waals surface area contributed by atoms with Crippen LogP contribution in [0.4, 0.5) is 5.69 Å². The molecule has 0 bridgehead atoms. The highest BCUT2D eigenvalue weighted by atomic mass is 16.1. The molecule has 1 aromatic carbocycles. The molecule has 1 saturated carbocycles. The predicted octanol–water partition coefficient (Wildman–Crippen LogP) is 3.77. The van der Waals surface area contributed by atoms with Crippen LogP contribution in [0.2, 0.25) is 0 Å². The van der Waals surface area contributed by atoms with Gasteiger partial charge in [-0.05, 0) is 87.4 Å². The first-order chi connectivity index (χ1) is 13.7. The number of carbonyl (C=O) groups excluding carboxylic acids is 1. The van der Waals surface area contributed by atoms with E-state index >= 15 is 0 Å². The number of amides is 1. The molecule has 0 atom stereocenters. The van der Waals surface area contributed by atoms with Gasteiger partial charge in [-0.3, -0.25) is 9.69 Å². The lowest BCUT2D eigenvalue weighted by molar-refractivity contribution is -0.119. The fourth-order valence-corrected chi connectivity index (χ4v) is 5.52. The summed E-state index contributed by atoms with van der Waals surface area (Å²) >= 11 is 0. The van der Waals surface area contributed by atoms with Crippen LogP contribution in [-0.4, -0.2) is 49.6 Å². The van der Waals surface area contributed by atoms with E-state index in [-0.39, 0.29) is 5.91 Å². The lowest BCUT2D eigenvalue weighted by Gasteiger charge is -2.38. The summed E-state index contributed by atoms with van der Waals surface area (Å²) in [5.41, 5.74) is 4.76. The number of benzene rings is 1. The highest BCUT2D eigenvalue weighted by molar-refractivity contribution is 5.73. The van der Waals surface area contributed by atoms with Crippen LogP contribution in [-0.2, 0) is 17.6 Å². The first kappa shape index (κ1) is 19.8. The van der Waals surface area contributed by atoms with Crippen molar-refractivity contribution in [3.63, 3.8) is 0 Å². The van der Waals surface area contributed by atoms with Crippen molar-refractivity contribution in [3.05, 3.63) is 29.3 Å². The van der Waals surface area contributed by atoms with E-state index in [2.05, 4.69) is 33.3 Å². The summed E-state index contributed by atoms with van der Waals surface area (Å²) in [7, 11) is 0. The van der Waals surface area contributed by atoms with Crippen molar-refractivity contribution in [2.45, 2.75) is 70.8 Å². The largest absolute Gasteiger partial charge is 0.369 e. The molecule has 0 unspecified atom stereocenters. The maximum absolute atomic E-state index is 11.2. The van der Waals surface area contributed by atoms with E-state index in [1.165, 1.54) is 83.4 Å². The first-order valence-electron chi connectivity index (χ1n) is 11.5. The topological polar surface area (TPSA) is 35.6 Å². The fourth-order valence-electron chi connectivity index (χ4n) is 5.52. The van der Waals surface area contributed by atoms with Gasteiger partial charge in [0.25, 0.3) is 0 Å². The van der Waals surface area contributed by atoms with E-state index in [4.69, 9.17) is 0 Å². The number of rotatable bonds is 5. The van der Waals surface area contributed by atoms with Gasteiger partial charge in [-0.25, -0.2) is 0 Å². The van der Waals surface area contributed by atoms with E-state index in [1.807, 2.05) is 0 Å². The summed E-state index contributed by atoms with van der Waals surface area (Å²) in [6, 6.07) is 7.39. The Morgan fingerprint density at radius 3 is 2.54 bits per heavy atom. The van der Waals surface area contributed by atoms with Crippen molar-refractivity contribution in [2.75, 3.05) is 37.6 Å². The Balaban J connectivity index is 1.21. The Kier molecular flexibility index (Phi) is 6.56. The average Bonchev–Trinajstić information content (AvgIpc) is 2.73. The highest BCUT2D eigenvalue weighted by Gasteiger charge is 2.24. The van der Waals surface area contributed by atoms with Gasteiger partial charge in [0.15, 0.2) is 0 Å². The zero-order valence-electron chi connectivity index (χ0n) is 17.6. The molecule has 154 valence electrons. The molecular weight excluding hydrogens is 346 g/mol. The number of anilines is 1. The van der Waals surface area contributed by atoms with Crippen LogP contribution in [0.1, 0.15) is 63.0 Å². The second-order valence-electron chi connectivity index (χ2n) is 9.16. The van der Waals surface area contributed by atoms with Gasteiger partial charge in [0, 0.05) is 44.8 Å². The Labute approximate surface area is 170 Å². The Morgan fingerprint density at radius 2 is 1.79 bits per heavy atom. The maximum Gasteiger partial charge on any atom is 0.217 e. The van der Waals surface area contributed by atoms with Gasteiger partial charge in [-0.2, -0.15) is 0 Å².